The van der Waals surface area contributed by atoms with Crippen molar-refractivity contribution in [2.24, 2.45) is 0 Å². The quantitative estimate of drug-likeness (QED) is 0.496. The number of anilines is 5. The summed E-state index contributed by atoms with van der Waals surface area (Å²) in [4.78, 5) is 23.5. The molecule has 156 valence electrons. The molecule has 0 saturated heterocycles. The van der Waals surface area contributed by atoms with Gasteiger partial charge in [-0.2, -0.15) is 4.98 Å². The van der Waals surface area contributed by atoms with Crippen LogP contribution in [0.2, 0.25) is 0 Å². The molecular formula is C23H28N6O. The van der Waals surface area contributed by atoms with Crippen LogP contribution < -0.4 is 20.9 Å². The highest BCUT2D eigenvalue weighted by molar-refractivity contribution is 6.00. The summed E-state index contributed by atoms with van der Waals surface area (Å²) in [5.41, 5.74) is 4.24. The molecule has 0 aliphatic rings. The van der Waals surface area contributed by atoms with E-state index in [1.807, 2.05) is 68.4 Å². The van der Waals surface area contributed by atoms with Crippen LogP contribution in [-0.2, 0) is 0 Å². The van der Waals surface area contributed by atoms with Gasteiger partial charge in [-0.1, -0.05) is 18.2 Å². The van der Waals surface area contributed by atoms with E-state index in [1.54, 1.807) is 0 Å². The Hall–Kier alpha value is -3.61. The predicted molar refractivity (Wildman–Crippen MR) is 124 cm³/mol. The number of para-hydroxylation sites is 1. The van der Waals surface area contributed by atoms with Gasteiger partial charge in [-0.25, -0.2) is 9.78 Å². The van der Waals surface area contributed by atoms with E-state index >= 15 is 0 Å². The monoisotopic (exact) mass is 404 g/mol. The number of hydrogen-bond acceptors (Lipinski definition) is 5. The van der Waals surface area contributed by atoms with Crippen LogP contribution >= 0.6 is 0 Å². The van der Waals surface area contributed by atoms with Crippen LogP contribution in [0.1, 0.15) is 25.1 Å². The SMILES string of the molecule is CCN(CC)c1cc(C)nc(Nc2ccc(NC(=O)Nc3ccccc3C)cc2)n1. The number of carbonyl (C=O) groups is 1. The summed E-state index contributed by atoms with van der Waals surface area (Å²) in [5.74, 6) is 1.45. The Balaban J connectivity index is 1.65. The number of carbonyl (C=O) groups excluding carboxylic acids is 1. The Morgan fingerprint density at radius 2 is 1.57 bits per heavy atom. The molecule has 3 aromatic rings. The highest BCUT2D eigenvalue weighted by atomic mass is 16.2. The molecule has 7 nitrogen and oxygen atoms in total. The van der Waals surface area contributed by atoms with E-state index in [1.165, 1.54) is 0 Å². The number of benzene rings is 2. The van der Waals surface area contributed by atoms with Gasteiger partial charge < -0.3 is 20.9 Å². The molecular weight excluding hydrogens is 376 g/mol. The lowest BCUT2D eigenvalue weighted by Crippen LogP contribution is -2.23. The molecule has 0 unspecified atom stereocenters. The van der Waals surface area contributed by atoms with E-state index in [0.29, 0.717) is 11.6 Å². The first-order valence-corrected chi connectivity index (χ1v) is 10.1. The van der Waals surface area contributed by atoms with Crippen molar-refractivity contribution in [1.82, 2.24) is 9.97 Å². The fourth-order valence-corrected chi connectivity index (χ4v) is 3.08. The lowest BCUT2D eigenvalue weighted by Gasteiger charge is -2.20. The normalized spacial score (nSPS) is 10.4. The molecule has 7 heteroatoms. The maximum atomic E-state index is 12.2. The van der Waals surface area contributed by atoms with E-state index in [-0.39, 0.29) is 6.03 Å². The zero-order chi connectivity index (χ0) is 21.5. The van der Waals surface area contributed by atoms with Gasteiger partial charge in [-0.15, -0.1) is 0 Å². The maximum Gasteiger partial charge on any atom is 0.323 e. The van der Waals surface area contributed by atoms with Crippen LogP contribution in [0.3, 0.4) is 0 Å². The van der Waals surface area contributed by atoms with Crippen molar-refractivity contribution in [3.8, 4) is 0 Å². The van der Waals surface area contributed by atoms with E-state index in [2.05, 4.69) is 44.7 Å². The molecule has 0 atom stereocenters. The number of hydrogen-bond donors (Lipinski definition) is 3. The van der Waals surface area contributed by atoms with Crippen molar-refractivity contribution in [1.29, 1.82) is 0 Å². The topological polar surface area (TPSA) is 82.2 Å². The summed E-state index contributed by atoms with van der Waals surface area (Å²) in [5, 5.41) is 8.94. The number of nitrogens with zero attached hydrogens (tertiary/aromatic N) is 3. The Bertz CT molecular complexity index is 999. The Morgan fingerprint density at radius 1 is 0.900 bits per heavy atom. The van der Waals surface area contributed by atoms with Crippen molar-refractivity contribution in [3.63, 3.8) is 0 Å². The maximum absolute atomic E-state index is 12.2. The third-order valence-electron chi connectivity index (χ3n) is 4.72. The van der Waals surface area contributed by atoms with Gasteiger partial charge >= 0.3 is 6.03 Å². The Kier molecular flexibility index (Phi) is 6.85. The summed E-state index contributed by atoms with van der Waals surface area (Å²) in [6, 6.07) is 16.8. The second kappa shape index (κ2) is 9.73. The van der Waals surface area contributed by atoms with Crippen LogP contribution in [0.4, 0.5) is 33.6 Å². The van der Waals surface area contributed by atoms with Crippen LogP contribution in [0.5, 0.6) is 0 Å². The minimum atomic E-state index is -0.282. The minimum Gasteiger partial charge on any atom is -0.357 e. The summed E-state index contributed by atoms with van der Waals surface area (Å²) in [6.07, 6.45) is 0. The molecule has 1 aromatic heterocycles. The number of nitrogens with one attached hydrogen (secondary N) is 3. The fourth-order valence-electron chi connectivity index (χ4n) is 3.08. The minimum absolute atomic E-state index is 0.282. The largest absolute Gasteiger partial charge is 0.357 e. The second-order valence-corrected chi connectivity index (χ2v) is 6.96. The van der Waals surface area contributed by atoms with Gasteiger partial charge in [0.25, 0.3) is 0 Å². The molecule has 2 amide bonds. The first-order valence-electron chi connectivity index (χ1n) is 10.1. The van der Waals surface area contributed by atoms with Gasteiger partial charge in [0.1, 0.15) is 5.82 Å². The Labute approximate surface area is 177 Å². The lowest BCUT2D eigenvalue weighted by atomic mass is 10.2. The molecule has 0 aliphatic carbocycles. The molecule has 0 fully saturated rings. The van der Waals surface area contributed by atoms with Crippen molar-refractivity contribution in [2.75, 3.05) is 33.9 Å². The zero-order valence-corrected chi connectivity index (χ0v) is 17.9. The number of aromatic nitrogens is 2. The molecule has 0 saturated carbocycles. The van der Waals surface area contributed by atoms with Crippen molar-refractivity contribution in [3.05, 3.63) is 65.9 Å². The first kappa shape index (κ1) is 21.1. The average Bonchev–Trinajstić information content (AvgIpc) is 2.72. The molecule has 30 heavy (non-hydrogen) atoms. The van der Waals surface area contributed by atoms with Crippen LogP contribution in [0.25, 0.3) is 0 Å². The number of aryl methyl sites for hydroxylation is 2. The van der Waals surface area contributed by atoms with Gasteiger partial charge in [0.05, 0.1) is 0 Å². The average molecular weight is 405 g/mol. The van der Waals surface area contributed by atoms with Gasteiger partial charge in [-0.3, -0.25) is 0 Å². The van der Waals surface area contributed by atoms with Crippen molar-refractivity contribution < 1.29 is 4.79 Å². The molecule has 0 radical (unpaired) electrons. The smallest absolute Gasteiger partial charge is 0.323 e. The molecule has 1 heterocycles. The lowest BCUT2D eigenvalue weighted by molar-refractivity contribution is 0.262. The number of urea groups is 1. The first-order chi connectivity index (χ1) is 14.5. The number of amides is 2. The van der Waals surface area contributed by atoms with Gasteiger partial charge in [-0.05, 0) is 63.6 Å². The van der Waals surface area contributed by atoms with Gasteiger partial charge in [0, 0.05) is 41.9 Å². The zero-order valence-electron chi connectivity index (χ0n) is 17.9. The van der Waals surface area contributed by atoms with Crippen LogP contribution in [-0.4, -0.2) is 29.1 Å². The molecule has 2 aromatic carbocycles. The summed E-state index contributed by atoms with van der Waals surface area (Å²) in [6.45, 7) is 9.90. The third-order valence-corrected chi connectivity index (χ3v) is 4.72. The standard InChI is InChI=1S/C23H28N6O/c1-5-29(6-2)21-15-17(4)24-22(28-21)25-18-11-13-19(14-12-18)26-23(30)27-20-10-8-7-9-16(20)3/h7-15H,5-6H2,1-4H3,(H,24,25,28)(H2,26,27,30). The van der Waals surface area contributed by atoms with E-state index < -0.39 is 0 Å². The molecule has 0 spiro atoms. The summed E-state index contributed by atoms with van der Waals surface area (Å²) in [7, 11) is 0. The number of rotatable bonds is 7. The van der Waals surface area contributed by atoms with Crippen molar-refractivity contribution in [2.45, 2.75) is 27.7 Å². The van der Waals surface area contributed by atoms with Gasteiger partial charge in [0.2, 0.25) is 5.95 Å². The van der Waals surface area contributed by atoms with E-state index in [9.17, 15) is 4.79 Å². The van der Waals surface area contributed by atoms with Crippen molar-refractivity contribution >= 4 is 34.9 Å². The summed E-state index contributed by atoms with van der Waals surface area (Å²) < 4.78 is 0. The third kappa shape index (κ3) is 5.47. The van der Waals surface area contributed by atoms with Gasteiger partial charge in [0.15, 0.2) is 0 Å². The van der Waals surface area contributed by atoms with E-state index in [0.717, 1.165) is 41.5 Å². The fraction of sp³-hybridized carbons (Fsp3) is 0.261. The highest BCUT2D eigenvalue weighted by Gasteiger charge is 2.09. The Morgan fingerprint density at radius 3 is 2.23 bits per heavy atom. The summed E-state index contributed by atoms with van der Waals surface area (Å²) >= 11 is 0. The predicted octanol–water partition coefficient (Wildman–Crippen LogP) is 5.33. The molecule has 3 N–H and O–H groups in total. The van der Waals surface area contributed by atoms with E-state index in [4.69, 9.17) is 0 Å². The molecule has 0 bridgehead atoms. The highest BCUT2D eigenvalue weighted by Crippen LogP contribution is 2.20. The van der Waals surface area contributed by atoms with Crippen LogP contribution in [0.15, 0.2) is 54.6 Å². The second-order valence-electron chi connectivity index (χ2n) is 6.96. The van der Waals surface area contributed by atoms with Crippen LogP contribution in [0, 0.1) is 13.8 Å². The molecule has 3 rings (SSSR count). The molecule has 0 aliphatic heterocycles.